The second kappa shape index (κ2) is 3.01. The molecule has 1 aromatic heterocycles. The van der Waals surface area contributed by atoms with Gasteiger partial charge in [0.2, 0.25) is 0 Å². The number of hydrogen-bond acceptors (Lipinski definition) is 2. The van der Waals surface area contributed by atoms with Crippen molar-refractivity contribution in [1.29, 1.82) is 0 Å². The van der Waals surface area contributed by atoms with Crippen LogP contribution in [0.15, 0.2) is 12.4 Å². The molecule has 0 saturated carbocycles. The zero-order chi connectivity index (χ0) is 7.56. The molecule has 1 heterocycles. The van der Waals surface area contributed by atoms with E-state index in [1.165, 1.54) is 6.20 Å². The summed E-state index contributed by atoms with van der Waals surface area (Å²) in [5.74, 6) is 0.261. The van der Waals surface area contributed by atoms with E-state index >= 15 is 0 Å². The topological polar surface area (TPSA) is 33.1 Å². The molecule has 0 amide bonds. The number of rotatable bonds is 1. The fourth-order valence-corrected chi connectivity index (χ4v) is 1.48. The molecule has 0 spiro atoms. The molecular weight excluding hydrogens is 194 g/mol. The number of aryl methyl sites for hydroxylation is 1. The minimum Gasteiger partial charge on any atom is -0.506 e. The molecule has 0 saturated heterocycles. The van der Waals surface area contributed by atoms with Crippen molar-refractivity contribution in [3.8, 4) is 5.75 Å². The van der Waals surface area contributed by atoms with Crippen molar-refractivity contribution in [3.05, 3.63) is 23.5 Å². The number of aromatic nitrogens is 1. The predicted octanol–water partition coefficient (Wildman–Crippen LogP) is 1.99. The predicted molar refractivity (Wildman–Crippen MR) is 43.3 cm³/mol. The monoisotopic (exact) mass is 201 g/mol. The van der Waals surface area contributed by atoms with Crippen LogP contribution < -0.4 is 0 Å². The average molecular weight is 202 g/mol. The Morgan fingerprint density at radius 1 is 1.60 bits per heavy atom. The van der Waals surface area contributed by atoms with Crippen LogP contribution in [0.25, 0.3) is 0 Å². The van der Waals surface area contributed by atoms with E-state index < -0.39 is 0 Å². The summed E-state index contributed by atoms with van der Waals surface area (Å²) in [4.78, 5) is 3.82. The van der Waals surface area contributed by atoms with Crippen LogP contribution >= 0.6 is 15.9 Å². The Morgan fingerprint density at radius 2 is 2.30 bits per heavy atom. The van der Waals surface area contributed by atoms with E-state index in [1.807, 2.05) is 6.92 Å². The zero-order valence-electron chi connectivity index (χ0n) is 5.63. The summed E-state index contributed by atoms with van der Waals surface area (Å²) >= 11 is 3.27. The molecular formula is C7H8BrNO. The summed E-state index contributed by atoms with van der Waals surface area (Å²) in [5, 5.41) is 9.87. The standard InChI is InChI=1S/C7H8BrNO/c1-5-3-9-4-7(10)6(5)2-8/h3-4,10H,2H2,1H3. The Morgan fingerprint density at radius 3 is 2.70 bits per heavy atom. The molecule has 54 valence electrons. The highest BCUT2D eigenvalue weighted by molar-refractivity contribution is 9.08. The van der Waals surface area contributed by atoms with Gasteiger partial charge in [0.05, 0.1) is 6.20 Å². The van der Waals surface area contributed by atoms with Gasteiger partial charge in [0.1, 0.15) is 5.75 Å². The van der Waals surface area contributed by atoms with Crippen molar-refractivity contribution in [1.82, 2.24) is 4.98 Å². The van der Waals surface area contributed by atoms with Gasteiger partial charge in [-0.3, -0.25) is 4.98 Å². The molecule has 0 aromatic carbocycles. The SMILES string of the molecule is Cc1cncc(O)c1CBr. The third-order valence-electron chi connectivity index (χ3n) is 1.38. The summed E-state index contributed by atoms with van der Waals surface area (Å²) < 4.78 is 0. The number of hydrogen-bond donors (Lipinski definition) is 1. The van der Waals surface area contributed by atoms with Crippen LogP contribution in [-0.4, -0.2) is 10.1 Å². The lowest BCUT2D eigenvalue weighted by Gasteiger charge is -2.01. The first-order valence-corrected chi connectivity index (χ1v) is 4.06. The van der Waals surface area contributed by atoms with Gasteiger partial charge in [0.25, 0.3) is 0 Å². The van der Waals surface area contributed by atoms with Crippen LogP contribution in [0.4, 0.5) is 0 Å². The van der Waals surface area contributed by atoms with Gasteiger partial charge in [-0.05, 0) is 12.5 Å². The summed E-state index contributed by atoms with van der Waals surface area (Å²) in [7, 11) is 0. The summed E-state index contributed by atoms with van der Waals surface area (Å²) in [6, 6.07) is 0. The highest BCUT2D eigenvalue weighted by Crippen LogP contribution is 2.20. The molecule has 0 fully saturated rings. The van der Waals surface area contributed by atoms with Crippen LogP contribution in [0.1, 0.15) is 11.1 Å². The van der Waals surface area contributed by atoms with Gasteiger partial charge in [0.15, 0.2) is 0 Å². The zero-order valence-corrected chi connectivity index (χ0v) is 7.22. The lowest BCUT2D eigenvalue weighted by Crippen LogP contribution is -1.86. The van der Waals surface area contributed by atoms with Gasteiger partial charge in [-0.15, -0.1) is 0 Å². The summed E-state index contributed by atoms with van der Waals surface area (Å²) in [6.45, 7) is 1.92. The van der Waals surface area contributed by atoms with Crippen molar-refractivity contribution in [2.24, 2.45) is 0 Å². The van der Waals surface area contributed by atoms with Gasteiger partial charge < -0.3 is 5.11 Å². The molecule has 0 radical (unpaired) electrons. The molecule has 1 aromatic rings. The first-order chi connectivity index (χ1) is 4.75. The third-order valence-corrected chi connectivity index (χ3v) is 1.94. The van der Waals surface area contributed by atoms with Crippen molar-refractivity contribution in [2.75, 3.05) is 0 Å². The maximum absolute atomic E-state index is 9.20. The van der Waals surface area contributed by atoms with E-state index in [1.54, 1.807) is 6.20 Å². The molecule has 0 unspecified atom stereocenters. The Hall–Kier alpha value is -0.570. The van der Waals surface area contributed by atoms with E-state index in [0.29, 0.717) is 5.33 Å². The summed E-state index contributed by atoms with van der Waals surface area (Å²) in [5.41, 5.74) is 1.92. The number of alkyl halides is 1. The van der Waals surface area contributed by atoms with Gasteiger partial charge in [-0.2, -0.15) is 0 Å². The number of nitrogens with zero attached hydrogens (tertiary/aromatic N) is 1. The third kappa shape index (κ3) is 1.29. The largest absolute Gasteiger partial charge is 0.506 e. The summed E-state index contributed by atoms with van der Waals surface area (Å²) in [6.07, 6.45) is 3.18. The lowest BCUT2D eigenvalue weighted by molar-refractivity contribution is 0.467. The fraction of sp³-hybridized carbons (Fsp3) is 0.286. The number of pyridine rings is 1. The number of halogens is 1. The average Bonchev–Trinajstić information content (AvgIpc) is 1.88. The molecule has 0 atom stereocenters. The minimum atomic E-state index is 0.261. The van der Waals surface area contributed by atoms with Gasteiger partial charge in [-0.25, -0.2) is 0 Å². The Bertz CT molecular complexity index is 217. The number of aromatic hydroxyl groups is 1. The van der Waals surface area contributed by atoms with E-state index in [9.17, 15) is 5.11 Å². The van der Waals surface area contributed by atoms with Crippen LogP contribution in [-0.2, 0) is 5.33 Å². The maximum atomic E-state index is 9.20. The molecule has 0 bridgehead atoms. The second-order valence-electron chi connectivity index (χ2n) is 2.09. The minimum absolute atomic E-state index is 0.261. The normalized spacial score (nSPS) is 9.80. The van der Waals surface area contributed by atoms with Gasteiger partial charge in [-0.1, -0.05) is 15.9 Å². The van der Waals surface area contributed by atoms with Crippen molar-refractivity contribution in [2.45, 2.75) is 12.3 Å². The lowest BCUT2D eigenvalue weighted by atomic mass is 10.2. The van der Waals surface area contributed by atoms with E-state index in [4.69, 9.17) is 0 Å². The molecule has 0 aliphatic carbocycles. The van der Waals surface area contributed by atoms with Crippen LogP contribution in [0.5, 0.6) is 5.75 Å². The van der Waals surface area contributed by atoms with Crippen molar-refractivity contribution >= 4 is 15.9 Å². The first-order valence-electron chi connectivity index (χ1n) is 2.94. The molecule has 0 aliphatic heterocycles. The molecule has 0 aliphatic rings. The molecule has 1 rings (SSSR count). The Kier molecular flexibility index (Phi) is 2.27. The van der Waals surface area contributed by atoms with Crippen molar-refractivity contribution < 1.29 is 5.11 Å². The van der Waals surface area contributed by atoms with Crippen LogP contribution in [0.3, 0.4) is 0 Å². The Balaban J connectivity index is 3.17. The molecule has 1 N–H and O–H groups in total. The van der Waals surface area contributed by atoms with Gasteiger partial charge >= 0.3 is 0 Å². The quantitative estimate of drug-likeness (QED) is 0.706. The Labute approximate surface area is 68.0 Å². The van der Waals surface area contributed by atoms with Crippen LogP contribution in [0, 0.1) is 6.92 Å². The van der Waals surface area contributed by atoms with E-state index in [0.717, 1.165) is 11.1 Å². The fourth-order valence-electron chi connectivity index (χ4n) is 0.751. The second-order valence-corrected chi connectivity index (χ2v) is 2.65. The first kappa shape index (κ1) is 7.54. The molecule has 2 nitrogen and oxygen atoms in total. The highest BCUT2D eigenvalue weighted by atomic mass is 79.9. The molecule has 10 heavy (non-hydrogen) atoms. The van der Waals surface area contributed by atoms with E-state index in [2.05, 4.69) is 20.9 Å². The highest BCUT2D eigenvalue weighted by Gasteiger charge is 2.01. The van der Waals surface area contributed by atoms with Gasteiger partial charge in [0, 0.05) is 17.1 Å². The van der Waals surface area contributed by atoms with Crippen LogP contribution in [0.2, 0.25) is 0 Å². The molecule has 3 heteroatoms. The van der Waals surface area contributed by atoms with E-state index in [-0.39, 0.29) is 5.75 Å². The smallest absolute Gasteiger partial charge is 0.138 e. The maximum Gasteiger partial charge on any atom is 0.138 e. The van der Waals surface area contributed by atoms with Crippen molar-refractivity contribution in [3.63, 3.8) is 0 Å².